The predicted molar refractivity (Wildman–Crippen MR) is 104 cm³/mol. The van der Waals surface area contributed by atoms with Gasteiger partial charge in [-0.25, -0.2) is 0 Å². The Hall–Kier alpha value is 0.170. The van der Waals surface area contributed by atoms with Crippen molar-refractivity contribution in [3.05, 3.63) is 0 Å². The van der Waals surface area contributed by atoms with Crippen LogP contribution in [0.4, 0.5) is 0 Å². The Labute approximate surface area is 155 Å². The van der Waals surface area contributed by atoms with Gasteiger partial charge in [0, 0.05) is 18.6 Å². The van der Waals surface area contributed by atoms with Crippen molar-refractivity contribution in [2.24, 2.45) is 11.3 Å². The van der Waals surface area contributed by atoms with Crippen molar-refractivity contribution in [1.82, 2.24) is 4.90 Å². The maximum absolute atomic E-state index is 10.4. The lowest BCUT2D eigenvalue weighted by Gasteiger charge is -2.40. The van der Waals surface area contributed by atoms with E-state index in [1.165, 1.54) is 32.1 Å². The maximum Gasteiger partial charge on any atom is 0.0900 e. The van der Waals surface area contributed by atoms with Crippen molar-refractivity contribution < 1.29 is 9.84 Å². The second-order valence-corrected chi connectivity index (χ2v) is 9.15. The van der Waals surface area contributed by atoms with E-state index in [0.717, 1.165) is 25.3 Å². The summed E-state index contributed by atoms with van der Waals surface area (Å²) in [6.07, 6.45) is 8.70. The summed E-state index contributed by atoms with van der Waals surface area (Å²) in [6.45, 7) is 12.9. The summed E-state index contributed by atoms with van der Waals surface area (Å²) in [4.78, 5) is 2.47. The van der Waals surface area contributed by atoms with Crippen LogP contribution in [0.15, 0.2) is 0 Å². The third-order valence-electron chi connectivity index (χ3n) is 6.22. The summed E-state index contributed by atoms with van der Waals surface area (Å²) in [6, 6.07) is 1.19. The zero-order valence-electron chi connectivity index (χ0n) is 16.5. The maximum atomic E-state index is 10.4. The van der Waals surface area contributed by atoms with E-state index in [0.29, 0.717) is 30.2 Å². The van der Waals surface area contributed by atoms with Crippen LogP contribution in [0.3, 0.4) is 0 Å². The van der Waals surface area contributed by atoms with Crippen molar-refractivity contribution in [3.8, 4) is 0 Å². The minimum Gasteiger partial charge on any atom is -0.389 e. The lowest BCUT2D eigenvalue weighted by molar-refractivity contribution is -0.0536. The van der Waals surface area contributed by atoms with Crippen molar-refractivity contribution in [3.63, 3.8) is 0 Å². The zero-order valence-corrected chi connectivity index (χ0v) is 17.3. The SMILES string of the molecule is CC1CCCC(C)N1CC(O)COC1CCC(C(C)(C)C)CC1.Cl. The van der Waals surface area contributed by atoms with Crippen molar-refractivity contribution >= 4 is 12.4 Å². The number of β-amino-alcohol motifs (C(OH)–C–C–N with tert-alkyl or cyclic N) is 1. The molecular weight excluding hydrogens is 322 g/mol. The largest absolute Gasteiger partial charge is 0.389 e. The molecule has 1 saturated carbocycles. The number of hydrogen-bond acceptors (Lipinski definition) is 3. The minimum atomic E-state index is -0.349. The highest BCUT2D eigenvalue weighted by atomic mass is 35.5. The van der Waals surface area contributed by atoms with Crippen LogP contribution in [0, 0.1) is 11.3 Å². The Bertz CT molecular complexity index is 340. The molecule has 3 nitrogen and oxygen atoms in total. The zero-order chi connectivity index (χ0) is 17.0. The molecule has 24 heavy (non-hydrogen) atoms. The molecule has 144 valence electrons. The Morgan fingerprint density at radius 2 is 1.54 bits per heavy atom. The smallest absolute Gasteiger partial charge is 0.0900 e. The van der Waals surface area contributed by atoms with Gasteiger partial charge in [-0.05, 0) is 63.7 Å². The molecule has 2 rings (SSSR count). The second kappa shape index (κ2) is 9.75. The monoisotopic (exact) mass is 361 g/mol. The molecule has 0 aromatic carbocycles. The van der Waals surface area contributed by atoms with Crippen LogP contribution in [-0.2, 0) is 4.74 Å². The molecule has 0 radical (unpaired) electrons. The number of nitrogens with zero attached hydrogens (tertiary/aromatic N) is 1. The Morgan fingerprint density at radius 1 is 1.00 bits per heavy atom. The first kappa shape index (κ1) is 22.2. The molecule has 1 N–H and O–H groups in total. The summed E-state index contributed by atoms with van der Waals surface area (Å²) in [5, 5.41) is 10.4. The van der Waals surface area contributed by atoms with Gasteiger partial charge in [0.25, 0.3) is 0 Å². The molecule has 2 aliphatic rings. The fourth-order valence-corrected chi connectivity index (χ4v) is 4.47. The summed E-state index contributed by atoms with van der Waals surface area (Å²) in [7, 11) is 0. The lowest BCUT2D eigenvalue weighted by Crippen LogP contribution is -2.48. The molecule has 0 aromatic rings. The summed E-state index contributed by atoms with van der Waals surface area (Å²) < 4.78 is 6.04. The first-order valence-electron chi connectivity index (χ1n) is 9.82. The fourth-order valence-electron chi connectivity index (χ4n) is 4.47. The highest BCUT2D eigenvalue weighted by Gasteiger charge is 2.31. The average molecular weight is 362 g/mol. The molecule has 1 saturated heterocycles. The molecule has 4 heteroatoms. The Balaban J connectivity index is 0.00000288. The first-order valence-corrected chi connectivity index (χ1v) is 9.82. The molecular formula is C20H40ClNO2. The van der Waals surface area contributed by atoms with Gasteiger partial charge in [-0.2, -0.15) is 0 Å². The number of halogens is 1. The van der Waals surface area contributed by atoms with Crippen LogP contribution in [0.1, 0.15) is 79.6 Å². The molecule has 1 aliphatic carbocycles. The van der Waals surface area contributed by atoms with E-state index in [-0.39, 0.29) is 18.5 Å². The second-order valence-electron chi connectivity index (χ2n) is 9.15. The summed E-state index contributed by atoms with van der Waals surface area (Å²) >= 11 is 0. The molecule has 0 spiro atoms. The van der Waals surface area contributed by atoms with E-state index in [1.807, 2.05) is 0 Å². The minimum absolute atomic E-state index is 0. The molecule has 2 fully saturated rings. The lowest BCUT2D eigenvalue weighted by atomic mass is 9.72. The van der Waals surface area contributed by atoms with Gasteiger partial charge in [0.1, 0.15) is 0 Å². The number of aliphatic hydroxyl groups excluding tert-OH is 1. The molecule has 0 aromatic heterocycles. The van der Waals surface area contributed by atoms with Crippen molar-refractivity contribution in [1.29, 1.82) is 0 Å². The first-order chi connectivity index (χ1) is 10.8. The third kappa shape index (κ3) is 6.48. The van der Waals surface area contributed by atoms with Gasteiger partial charge in [0.2, 0.25) is 0 Å². The molecule has 0 amide bonds. The van der Waals surface area contributed by atoms with E-state index < -0.39 is 0 Å². The van der Waals surface area contributed by atoms with Gasteiger partial charge in [0.05, 0.1) is 18.8 Å². The molecule has 3 atom stereocenters. The van der Waals surface area contributed by atoms with E-state index >= 15 is 0 Å². The standard InChI is InChI=1S/C20H39NO2.ClH/c1-15-7-6-8-16(2)21(15)13-18(22)14-23-19-11-9-17(10-12-19)20(3,4)5;/h15-19,22H,6-14H2,1-5H3;1H. The molecule has 1 aliphatic heterocycles. The van der Waals surface area contributed by atoms with E-state index in [1.54, 1.807) is 0 Å². The van der Waals surface area contributed by atoms with E-state index in [2.05, 4.69) is 39.5 Å². The number of hydrogen-bond donors (Lipinski definition) is 1. The van der Waals surface area contributed by atoms with Gasteiger partial charge in [-0.1, -0.05) is 27.2 Å². The Morgan fingerprint density at radius 3 is 2.04 bits per heavy atom. The quantitative estimate of drug-likeness (QED) is 0.773. The number of ether oxygens (including phenoxy) is 1. The molecule has 1 heterocycles. The van der Waals surface area contributed by atoms with Crippen LogP contribution in [0.2, 0.25) is 0 Å². The van der Waals surface area contributed by atoms with E-state index in [4.69, 9.17) is 4.74 Å². The van der Waals surface area contributed by atoms with Crippen molar-refractivity contribution in [2.75, 3.05) is 13.2 Å². The highest BCUT2D eigenvalue weighted by molar-refractivity contribution is 5.85. The van der Waals surface area contributed by atoms with E-state index in [9.17, 15) is 5.11 Å². The van der Waals surface area contributed by atoms with Crippen LogP contribution in [-0.4, -0.2) is 47.4 Å². The van der Waals surface area contributed by atoms with Crippen molar-refractivity contribution in [2.45, 2.75) is 104 Å². The number of rotatable bonds is 5. The summed E-state index contributed by atoms with van der Waals surface area (Å²) in [5.41, 5.74) is 0.422. The number of piperidine rings is 1. The van der Waals surface area contributed by atoms with Crippen LogP contribution in [0.5, 0.6) is 0 Å². The van der Waals surface area contributed by atoms with Gasteiger partial charge >= 0.3 is 0 Å². The van der Waals surface area contributed by atoms with Crippen LogP contribution in [0.25, 0.3) is 0 Å². The van der Waals surface area contributed by atoms with Gasteiger partial charge in [-0.3, -0.25) is 4.90 Å². The highest BCUT2D eigenvalue weighted by Crippen LogP contribution is 2.38. The molecule has 3 unspecified atom stereocenters. The fraction of sp³-hybridized carbons (Fsp3) is 1.00. The number of aliphatic hydroxyl groups is 1. The average Bonchev–Trinajstić information content (AvgIpc) is 2.48. The van der Waals surface area contributed by atoms with Crippen LogP contribution < -0.4 is 0 Å². The van der Waals surface area contributed by atoms with Gasteiger partial charge in [-0.15, -0.1) is 12.4 Å². The van der Waals surface area contributed by atoms with Gasteiger partial charge < -0.3 is 9.84 Å². The topological polar surface area (TPSA) is 32.7 Å². The molecule has 0 bridgehead atoms. The van der Waals surface area contributed by atoms with Gasteiger partial charge in [0.15, 0.2) is 0 Å². The Kier molecular flexibility index (Phi) is 9.03. The third-order valence-corrected chi connectivity index (χ3v) is 6.22. The normalized spacial score (nSPS) is 33.8. The number of likely N-dealkylation sites (tertiary alicyclic amines) is 1. The van der Waals surface area contributed by atoms with Crippen LogP contribution >= 0.6 is 12.4 Å². The predicted octanol–water partition coefficient (Wildman–Crippen LogP) is 4.65. The summed E-state index contributed by atoms with van der Waals surface area (Å²) in [5.74, 6) is 0.822.